The molecule has 10 heteroatoms. The van der Waals surface area contributed by atoms with Crippen molar-refractivity contribution >= 4 is 22.4 Å². The summed E-state index contributed by atoms with van der Waals surface area (Å²) in [6.07, 6.45) is 3.30. The van der Waals surface area contributed by atoms with Crippen LogP contribution in [-0.4, -0.2) is 35.7 Å². The number of anilines is 1. The zero-order valence-electron chi connectivity index (χ0n) is 12.4. The number of amides is 1. The maximum absolute atomic E-state index is 12.3. The number of hydrogen-bond donors (Lipinski definition) is 1. The summed E-state index contributed by atoms with van der Waals surface area (Å²) >= 11 is 1.26. The van der Waals surface area contributed by atoms with E-state index >= 15 is 0 Å². The molecule has 0 saturated heterocycles. The Morgan fingerprint density at radius 1 is 1.35 bits per heavy atom. The van der Waals surface area contributed by atoms with Gasteiger partial charge in [-0.2, -0.15) is 5.10 Å². The third-order valence-electron chi connectivity index (χ3n) is 3.05. The third-order valence-corrected chi connectivity index (χ3v) is 3.81. The normalized spacial score (nSPS) is 12.1. The van der Waals surface area contributed by atoms with E-state index in [4.69, 9.17) is 0 Å². The highest BCUT2D eigenvalue weighted by atomic mass is 32.1. The number of hydrogen-bond acceptors (Lipinski definition) is 7. The molecule has 0 aliphatic rings. The van der Waals surface area contributed by atoms with Crippen molar-refractivity contribution in [3.05, 3.63) is 46.0 Å². The van der Waals surface area contributed by atoms with Crippen LogP contribution in [0, 0.1) is 6.92 Å². The Morgan fingerprint density at radius 2 is 2.17 bits per heavy atom. The van der Waals surface area contributed by atoms with Crippen molar-refractivity contribution in [2.45, 2.75) is 19.9 Å². The van der Waals surface area contributed by atoms with Crippen molar-refractivity contribution in [3.63, 3.8) is 0 Å². The Kier molecular flexibility index (Phi) is 3.98. The molecule has 0 fully saturated rings. The lowest BCUT2D eigenvalue weighted by Crippen LogP contribution is -2.33. The number of aromatic nitrogens is 6. The van der Waals surface area contributed by atoms with Gasteiger partial charge in [0.1, 0.15) is 11.0 Å². The maximum atomic E-state index is 12.3. The molecule has 1 amide bonds. The first-order valence-corrected chi connectivity index (χ1v) is 7.57. The van der Waals surface area contributed by atoms with E-state index in [1.807, 2.05) is 0 Å². The summed E-state index contributed by atoms with van der Waals surface area (Å²) in [5.41, 5.74) is -0.378. The summed E-state index contributed by atoms with van der Waals surface area (Å²) < 4.78 is 2.62. The highest BCUT2D eigenvalue weighted by Gasteiger charge is 2.19. The molecule has 118 valence electrons. The first-order chi connectivity index (χ1) is 11.0. The van der Waals surface area contributed by atoms with Gasteiger partial charge in [-0.1, -0.05) is 11.3 Å². The molecule has 0 aliphatic carbocycles. The van der Waals surface area contributed by atoms with Crippen LogP contribution in [0.1, 0.15) is 18.0 Å². The Hall–Kier alpha value is -2.88. The number of nitrogens with zero attached hydrogens (tertiary/aromatic N) is 6. The van der Waals surface area contributed by atoms with Crippen LogP contribution in [0.25, 0.3) is 5.82 Å². The van der Waals surface area contributed by atoms with E-state index in [0.29, 0.717) is 10.9 Å². The van der Waals surface area contributed by atoms with Gasteiger partial charge in [0.2, 0.25) is 5.13 Å². The lowest BCUT2D eigenvalue weighted by atomic mass is 10.3. The highest BCUT2D eigenvalue weighted by molar-refractivity contribution is 7.15. The molecule has 0 bridgehead atoms. The Morgan fingerprint density at radius 3 is 2.83 bits per heavy atom. The third kappa shape index (κ3) is 3.16. The van der Waals surface area contributed by atoms with E-state index in [1.54, 1.807) is 38.4 Å². The monoisotopic (exact) mass is 331 g/mol. The van der Waals surface area contributed by atoms with Crippen molar-refractivity contribution in [1.29, 1.82) is 0 Å². The average molecular weight is 331 g/mol. The minimum atomic E-state index is -0.804. The predicted molar refractivity (Wildman–Crippen MR) is 83.6 cm³/mol. The molecule has 1 N–H and O–H groups in total. The summed E-state index contributed by atoms with van der Waals surface area (Å²) in [5.74, 6) is 0.0503. The zero-order chi connectivity index (χ0) is 16.4. The minimum absolute atomic E-state index is 0.378. The lowest BCUT2D eigenvalue weighted by Gasteiger charge is -2.13. The second kappa shape index (κ2) is 6.08. The fraction of sp³-hybridized carbons (Fsp3) is 0.231. The molecule has 3 aromatic heterocycles. The second-order valence-corrected chi connectivity index (χ2v) is 5.90. The van der Waals surface area contributed by atoms with Crippen LogP contribution in [0.4, 0.5) is 5.13 Å². The van der Waals surface area contributed by atoms with Gasteiger partial charge >= 0.3 is 0 Å². The summed E-state index contributed by atoms with van der Waals surface area (Å²) in [6.45, 7) is 3.38. The van der Waals surface area contributed by atoms with Gasteiger partial charge in [0.15, 0.2) is 5.82 Å². The standard InChI is InChI=1S/C13H13N7O2S/c1-8(12(22)15-13-17-16-9(2)23-13)20-11(21)5-4-10(18-20)19-7-3-6-14-19/h3-8H,1-2H3,(H,15,17,22)/t8-/m0/s1. The van der Waals surface area contributed by atoms with E-state index in [-0.39, 0.29) is 5.56 Å². The van der Waals surface area contributed by atoms with Crippen molar-refractivity contribution in [3.8, 4) is 5.82 Å². The molecule has 3 aromatic rings. The molecule has 1 atom stereocenters. The van der Waals surface area contributed by atoms with Gasteiger partial charge in [-0.3, -0.25) is 14.9 Å². The van der Waals surface area contributed by atoms with Gasteiger partial charge in [0, 0.05) is 18.5 Å². The van der Waals surface area contributed by atoms with Crippen LogP contribution in [0.5, 0.6) is 0 Å². The van der Waals surface area contributed by atoms with Crippen molar-refractivity contribution in [1.82, 2.24) is 29.8 Å². The molecule has 0 aliphatic heterocycles. The number of nitrogens with one attached hydrogen (secondary N) is 1. The Labute approximate surface area is 134 Å². The Bertz CT molecular complexity index is 884. The van der Waals surface area contributed by atoms with Crippen molar-refractivity contribution in [2.75, 3.05) is 5.32 Å². The molecule has 0 saturated carbocycles. The number of carbonyl (C=O) groups excluding carboxylic acids is 1. The van der Waals surface area contributed by atoms with Gasteiger partial charge in [0.05, 0.1) is 0 Å². The molecular weight excluding hydrogens is 318 g/mol. The molecule has 9 nitrogen and oxygen atoms in total. The minimum Gasteiger partial charge on any atom is -0.299 e. The van der Waals surface area contributed by atoms with Gasteiger partial charge in [-0.25, -0.2) is 9.36 Å². The lowest BCUT2D eigenvalue weighted by molar-refractivity contribution is -0.119. The number of aryl methyl sites for hydroxylation is 1. The number of carbonyl (C=O) groups is 1. The van der Waals surface area contributed by atoms with Crippen LogP contribution in [-0.2, 0) is 4.79 Å². The molecule has 0 spiro atoms. The van der Waals surface area contributed by atoms with Gasteiger partial charge < -0.3 is 0 Å². The van der Waals surface area contributed by atoms with E-state index in [0.717, 1.165) is 9.69 Å². The van der Waals surface area contributed by atoms with Gasteiger partial charge in [0.25, 0.3) is 11.5 Å². The largest absolute Gasteiger partial charge is 0.299 e. The van der Waals surface area contributed by atoms with Crippen molar-refractivity contribution < 1.29 is 4.79 Å². The fourth-order valence-corrected chi connectivity index (χ4v) is 2.48. The average Bonchev–Trinajstić information content (AvgIpc) is 3.19. The summed E-state index contributed by atoms with van der Waals surface area (Å²) in [7, 11) is 0. The van der Waals surface area contributed by atoms with E-state index in [2.05, 4.69) is 25.7 Å². The predicted octanol–water partition coefficient (Wildman–Crippen LogP) is 0.789. The number of rotatable bonds is 4. The quantitative estimate of drug-likeness (QED) is 0.757. The first kappa shape index (κ1) is 15.0. The molecule has 0 radical (unpaired) electrons. The first-order valence-electron chi connectivity index (χ1n) is 6.75. The van der Waals surface area contributed by atoms with Crippen LogP contribution in [0.2, 0.25) is 0 Å². The zero-order valence-corrected chi connectivity index (χ0v) is 13.2. The molecule has 0 aromatic carbocycles. The SMILES string of the molecule is Cc1nnc(NC(=O)[C@H](C)n2nc(-n3cccn3)ccc2=O)s1. The van der Waals surface area contributed by atoms with E-state index in [9.17, 15) is 9.59 Å². The van der Waals surface area contributed by atoms with Gasteiger partial charge in [-0.05, 0) is 26.0 Å². The van der Waals surface area contributed by atoms with Crippen LogP contribution >= 0.6 is 11.3 Å². The second-order valence-electron chi connectivity index (χ2n) is 4.72. The van der Waals surface area contributed by atoms with Crippen molar-refractivity contribution in [2.24, 2.45) is 0 Å². The summed E-state index contributed by atoms with van der Waals surface area (Å²) in [4.78, 5) is 24.3. The molecule has 0 unspecified atom stereocenters. The van der Waals surface area contributed by atoms with E-state index < -0.39 is 11.9 Å². The van der Waals surface area contributed by atoms with Crippen LogP contribution in [0.15, 0.2) is 35.4 Å². The highest BCUT2D eigenvalue weighted by Crippen LogP contribution is 2.15. The smallest absolute Gasteiger partial charge is 0.267 e. The molecule has 3 heterocycles. The summed E-state index contributed by atoms with van der Waals surface area (Å²) in [5, 5.41) is 19.7. The molecule has 3 rings (SSSR count). The topological polar surface area (TPSA) is 108 Å². The van der Waals surface area contributed by atoms with Crippen LogP contribution < -0.4 is 10.9 Å². The Balaban J connectivity index is 1.86. The van der Waals surface area contributed by atoms with Gasteiger partial charge in [-0.15, -0.1) is 15.3 Å². The van der Waals surface area contributed by atoms with E-state index in [1.165, 1.54) is 22.1 Å². The summed E-state index contributed by atoms with van der Waals surface area (Å²) in [6, 6.07) is 3.83. The fourth-order valence-electron chi connectivity index (χ4n) is 1.89. The van der Waals surface area contributed by atoms with Crippen LogP contribution in [0.3, 0.4) is 0 Å². The molecule has 23 heavy (non-hydrogen) atoms. The maximum Gasteiger partial charge on any atom is 0.267 e. The molecular formula is C13H13N7O2S.